The number of urea groups is 2. The van der Waals surface area contributed by atoms with Crippen LogP contribution in [0, 0.1) is 6.92 Å². The minimum absolute atomic E-state index is 0.142. The minimum atomic E-state index is -0.267. The molecule has 1 heterocycles. The SMILES string of the molecule is CCC(C)c1ccccc1NC(=O)Nc1ccc(N2CCN(C(=O)Nc3c(C)cccc3Cl)CC2)cc1. The predicted molar refractivity (Wildman–Crippen MR) is 153 cm³/mol. The molecule has 1 unspecified atom stereocenters. The van der Waals surface area contributed by atoms with E-state index in [1.165, 1.54) is 0 Å². The maximum atomic E-state index is 12.8. The molecule has 37 heavy (non-hydrogen) atoms. The van der Waals surface area contributed by atoms with E-state index in [2.05, 4.69) is 40.8 Å². The van der Waals surface area contributed by atoms with Crippen LogP contribution in [0.1, 0.15) is 37.3 Å². The molecule has 3 N–H and O–H groups in total. The van der Waals surface area contributed by atoms with Gasteiger partial charge < -0.3 is 25.8 Å². The molecule has 0 bridgehead atoms. The Morgan fingerprint density at radius 2 is 1.59 bits per heavy atom. The van der Waals surface area contributed by atoms with E-state index in [-0.39, 0.29) is 12.1 Å². The highest BCUT2D eigenvalue weighted by Gasteiger charge is 2.22. The first-order valence-electron chi connectivity index (χ1n) is 12.7. The van der Waals surface area contributed by atoms with E-state index in [0.717, 1.165) is 34.6 Å². The van der Waals surface area contributed by atoms with Gasteiger partial charge in [0.05, 0.1) is 10.7 Å². The lowest BCUT2D eigenvalue weighted by Crippen LogP contribution is -2.50. The molecule has 3 aromatic carbocycles. The third-order valence-electron chi connectivity index (χ3n) is 6.86. The Labute approximate surface area is 223 Å². The summed E-state index contributed by atoms with van der Waals surface area (Å²) in [6.07, 6.45) is 1.00. The number of amides is 4. The van der Waals surface area contributed by atoms with Crippen LogP contribution in [-0.4, -0.2) is 43.1 Å². The van der Waals surface area contributed by atoms with E-state index >= 15 is 0 Å². The van der Waals surface area contributed by atoms with Crippen molar-refractivity contribution in [2.45, 2.75) is 33.1 Å². The molecule has 3 aromatic rings. The lowest BCUT2D eigenvalue weighted by molar-refractivity contribution is 0.208. The summed E-state index contributed by atoms with van der Waals surface area (Å²) in [6.45, 7) is 8.86. The Bertz CT molecular complexity index is 1220. The molecule has 0 spiro atoms. The monoisotopic (exact) mass is 519 g/mol. The number of hydrogen-bond acceptors (Lipinski definition) is 3. The van der Waals surface area contributed by atoms with Crippen LogP contribution in [0.2, 0.25) is 5.02 Å². The number of carbonyl (C=O) groups excluding carboxylic acids is 2. The van der Waals surface area contributed by atoms with Crippen LogP contribution in [-0.2, 0) is 0 Å². The van der Waals surface area contributed by atoms with Crippen LogP contribution < -0.4 is 20.9 Å². The van der Waals surface area contributed by atoms with Crippen molar-refractivity contribution in [1.29, 1.82) is 0 Å². The van der Waals surface area contributed by atoms with Crippen molar-refractivity contribution in [3.05, 3.63) is 82.9 Å². The van der Waals surface area contributed by atoms with Gasteiger partial charge in [-0.05, 0) is 66.8 Å². The summed E-state index contributed by atoms with van der Waals surface area (Å²) < 4.78 is 0. The number of aryl methyl sites for hydroxylation is 1. The molecule has 1 saturated heterocycles. The van der Waals surface area contributed by atoms with E-state index in [9.17, 15) is 9.59 Å². The molecule has 4 amide bonds. The fourth-order valence-electron chi connectivity index (χ4n) is 4.44. The van der Waals surface area contributed by atoms with Gasteiger partial charge in [-0.25, -0.2) is 9.59 Å². The standard InChI is InChI=1S/C29H34ClN5O2/c1-4-20(2)24-9-5-6-11-26(24)32-28(36)31-22-12-14-23(15-13-22)34-16-18-35(19-17-34)29(37)33-27-21(3)8-7-10-25(27)30/h5-15,20H,4,16-19H2,1-3H3,(H,33,37)(H2,31,32,36). The van der Waals surface area contributed by atoms with Crippen LogP contribution in [0.5, 0.6) is 0 Å². The fraction of sp³-hybridized carbons (Fsp3) is 0.310. The number of hydrogen-bond donors (Lipinski definition) is 3. The molecule has 8 heteroatoms. The second kappa shape index (κ2) is 12.0. The molecule has 0 saturated carbocycles. The fourth-order valence-corrected chi connectivity index (χ4v) is 4.71. The Hall–Kier alpha value is -3.71. The second-order valence-corrected chi connectivity index (χ2v) is 9.77. The number of anilines is 4. The number of piperazine rings is 1. The molecule has 7 nitrogen and oxygen atoms in total. The van der Waals surface area contributed by atoms with Gasteiger partial charge in [0.2, 0.25) is 0 Å². The maximum absolute atomic E-state index is 12.8. The molecule has 0 radical (unpaired) electrons. The van der Waals surface area contributed by atoms with Gasteiger partial charge in [-0.1, -0.05) is 55.8 Å². The van der Waals surface area contributed by atoms with Gasteiger partial charge in [-0.2, -0.15) is 0 Å². The number of nitrogens with zero attached hydrogens (tertiary/aromatic N) is 2. The van der Waals surface area contributed by atoms with E-state index in [4.69, 9.17) is 11.6 Å². The third kappa shape index (κ3) is 6.54. The topological polar surface area (TPSA) is 76.7 Å². The first-order chi connectivity index (χ1) is 17.9. The lowest BCUT2D eigenvalue weighted by Gasteiger charge is -2.36. The summed E-state index contributed by atoms with van der Waals surface area (Å²) in [6, 6.07) is 20.8. The van der Waals surface area contributed by atoms with Crippen molar-refractivity contribution in [2.24, 2.45) is 0 Å². The summed E-state index contributed by atoms with van der Waals surface area (Å²) in [5.41, 5.74) is 5.32. The van der Waals surface area contributed by atoms with Crippen molar-refractivity contribution in [3.63, 3.8) is 0 Å². The summed E-state index contributed by atoms with van der Waals surface area (Å²) in [5, 5.41) is 9.38. The molecule has 194 valence electrons. The van der Waals surface area contributed by atoms with Crippen molar-refractivity contribution in [3.8, 4) is 0 Å². The van der Waals surface area contributed by atoms with Crippen LogP contribution in [0.4, 0.5) is 32.3 Å². The predicted octanol–water partition coefficient (Wildman–Crippen LogP) is 7.16. The highest BCUT2D eigenvalue weighted by Crippen LogP contribution is 2.28. The zero-order valence-corrected chi connectivity index (χ0v) is 22.3. The zero-order valence-electron chi connectivity index (χ0n) is 21.6. The van der Waals surface area contributed by atoms with Gasteiger partial charge in [-0.3, -0.25) is 0 Å². The molecule has 1 atom stereocenters. The van der Waals surface area contributed by atoms with Crippen molar-refractivity contribution >= 4 is 46.4 Å². The summed E-state index contributed by atoms with van der Waals surface area (Å²) >= 11 is 6.25. The summed E-state index contributed by atoms with van der Waals surface area (Å²) in [7, 11) is 0. The quantitative estimate of drug-likeness (QED) is 0.323. The van der Waals surface area contributed by atoms with E-state index in [1.807, 2.05) is 61.5 Å². The average molecular weight is 520 g/mol. The molecule has 1 aliphatic rings. The Kier molecular flexibility index (Phi) is 8.56. The molecule has 0 aromatic heterocycles. The van der Waals surface area contributed by atoms with Gasteiger partial charge in [-0.15, -0.1) is 0 Å². The first kappa shape index (κ1) is 26.4. The molecular formula is C29H34ClN5O2. The second-order valence-electron chi connectivity index (χ2n) is 9.36. The molecule has 1 fully saturated rings. The van der Waals surface area contributed by atoms with Gasteiger partial charge in [0.25, 0.3) is 0 Å². The zero-order chi connectivity index (χ0) is 26.4. The Morgan fingerprint density at radius 1 is 0.892 bits per heavy atom. The van der Waals surface area contributed by atoms with Crippen LogP contribution >= 0.6 is 11.6 Å². The van der Waals surface area contributed by atoms with Crippen LogP contribution in [0.3, 0.4) is 0 Å². The molecule has 4 rings (SSSR count). The van der Waals surface area contributed by atoms with Gasteiger partial charge in [0.1, 0.15) is 0 Å². The highest BCUT2D eigenvalue weighted by atomic mass is 35.5. The van der Waals surface area contributed by atoms with E-state index < -0.39 is 0 Å². The van der Waals surface area contributed by atoms with Gasteiger partial charge >= 0.3 is 12.1 Å². The van der Waals surface area contributed by atoms with Crippen molar-refractivity contribution in [1.82, 2.24) is 4.90 Å². The Morgan fingerprint density at radius 3 is 2.27 bits per heavy atom. The number of benzene rings is 3. The largest absolute Gasteiger partial charge is 0.368 e. The molecular weight excluding hydrogens is 486 g/mol. The van der Waals surface area contributed by atoms with Gasteiger partial charge in [0, 0.05) is 43.2 Å². The average Bonchev–Trinajstić information content (AvgIpc) is 2.91. The smallest absolute Gasteiger partial charge is 0.323 e. The van der Waals surface area contributed by atoms with Crippen molar-refractivity contribution < 1.29 is 9.59 Å². The van der Waals surface area contributed by atoms with Crippen LogP contribution in [0.25, 0.3) is 0 Å². The maximum Gasteiger partial charge on any atom is 0.323 e. The number of para-hydroxylation sites is 2. The number of nitrogens with one attached hydrogen (secondary N) is 3. The molecule has 0 aliphatic carbocycles. The van der Waals surface area contributed by atoms with E-state index in [0.29, 0.717) is 42.8 Å². The Balaban J connectivity index is 1.29. The van der Waals surface area contributed by atoms with Gasteiger partial charge in [0.15, 0.2) is 0 Å². The van der Waals surface area contributed by atoms with Crippen LogP contribution in [0.15, 0.2) is 66.7 Å². The number of carbonyl (C=O) groups is 2. The highest BCUT2D eigenvalue weighted by molar-refractivity contribution is 6.33. The summed E-state index contributed by atoms with van der Waals surface area (Å²) in [4.78, 5) is 29.4. The third-order valence-corrected chi connectivity index (χ3v) is 7.18. The molecule has 1 aliphatic heterocycles. The summed E-state index contributed by atoms with van der Waals surface area (Å²) in [5.74, 6) is 0.364. The number of rotatable bonds is 6. The normalized spacial score (nSPS) is 14.2. The van der Waals surface area contributed by atoms with E-state index in [1.54, 1.807) is 11.0 Å². The first-order valence-corrected chi connectivity index (χ1v) is 13.1. The minimum Gasteiger partial charge on any atom is -0.368 e. The number of halogens is 1. The lowest BCUT2D eigenvalue weighted by atomic mass is 9.97. The van der Waals surface area contributed by atoms with Crippen molar-refractivity contribution in [2.75, 3.05) is 47.0 Å².